The van der Waals surface area contributed by atoms with Gasteiger partial charge in [-0.05, 0) is 85.9 Å². The molecule has 4 aliphatic carbocycles. The van der Waals surface area contributed by atoms with Crippen LogP contribution in [0.15, 0.2) is 11.6 Å². The molecule has 4 rings (SSSR count). The number of hydrogen-bond acceptors (Lipinski definition) is 2. The molecular formula is C28H46O2. The Morgan fingerprint density at radius 1 is 1.10 bits per heavy atom. The number of fused-ring (bicyclic) bond motifs is 5. The van der Waals surface area contributed by atoms with Gasteiger partial charge < -0.3 is 5.11 Å². The number of Topliss-reactive ketones (excluding diaryl/α,β-unsaturated/α-hetero) is 1. The Hall–Kier alpha value is -0.630. The summed E-state index contributed by atoms with van der Waals surface area (Å²) in [5.41, 5.74) is 1.63. The van der Waals surface area contributed by atoms with Crippen molar-refractivity contribution < 1.29 is 9.90 Å². The quantitative estimate of drug-likeness (QED) is 0.494. The number of allylic oxidation sites excluding steroid dienone is 2. The van der Waals surface area contributed by atoms with Crippen LogP contribution in [-0.2, 0) is 4.79 Å². The minimum absolute atomic E-state index is 0.112. The van der Waals surface area contributed by atoms with Gasteiger partial charge in [-0.3, -0.25) is 4.79 Å². The van der Waals surface area contributed by atoms with Crippen LogP contribution in [0, 0.1) is 45.8 Å². The van der Waals surface area contributed by atoms with E-state index < -0.39 is 0 Å². The highest BCUT2D eigenvalue weighted by Gasteiger charge is 2.67. The highest BCUT2D eigenvalue weighted by atomic mass is 16.3. The number of carbonyl (C=O) groups is 1. The summed E-state index contributed by atoms with van der Waals surface area (Å²) in [4.78, 5) is 13.7. The predicted molar refractivity (Wildman–Crippen MR) is 124 cm³/mol. The van der Waals surface area contributed by atoms with Crippen LogP contribution in [0.5, 0.6) is 0 Å². The molecule has 0 spiro atoms. The van der Waals surface area contributed by atoms with Crippen molar-refractivity contribution in [2.45, 2.75) is 112 Å². The molecule has 0 amide bonds. The van der Waals surface area contributed by atoms with Gasteiger partial charge in [-0.15, -0.1) is 0 Å². The molecule has 0 radical (unpaired) electrons. The van der Waals surface area contributed by atoms with Crippen molar-refractivity contribution in [3.8, 4) is 0 Å². The van der Waals surface area contributed by atoms with Gasteiger partial charge in [0.1, 0.15) is 5.78 Å². The molecule has 30 heavy (non-hydrogen) atoms. The number of rotatable bonds is 5. The first kappa shape index (κ1) is 22.6. The summed E-state index contributed by atoms with van der Waals surface area (Å²) in [7, 11) is 0. The van der Waals surface area contributed by atoms with Gasteiger partial charge in [0.05, 0.1) is 11.5 Å². The summed E-state index contributed by atoms with van der Waals surface area (Å²) >= 11 is 0. The smallest absolute Gasteiger partial charge is 0.143 e. The number of aliphatic hydroxyl groups excluding tert-OH is 1. The van der Waals surface area contributed by atoms with Gasteiger partial charge in [-0.1, -0.05) is 65.5 Å². The van der Waals surface area contributed by atoms with E-state index in [0.717, 1.165) is 38.0 Å². The SMILES string of the molecule is CC(C)CCCC(C)C1CC(=O)C2(C)C3=CCC4CC(O)CCC4(C)C3CCC12C. The third-order valence-corrected chi connectivity index (χ3v) is 10.9. The second kappa shape index (κ2) is 7.75. The zero-order chi connectivity index (χ0) is 21.9. The van der Waals surface area contributed by atoms with E-state index in [1.807, 2.05) is 0 Å². The Labute approximate surface area is 185 Å². The first-order valence-electron chi connectivity index (χ1n) is 13.0. The van der Waals surface area contributed by atoms with Gasteiger partial charge in [0.25, 0.3) is 0 Å². The topological polar surface area (TPSA) is 37.3 Å². The molecule has 0 aromatic carbocycles. The molecule has 0 saturated heterocycles. The van der Waals surface area contributed by atoms with Crippen molar-refractivity contribution in [3.63, 3.8) is 0 Å². The molecule has 8 unspecified atom stereocenters. The molecule has 0 bridgehead atoms. The zero-order valence-corrected chi connectivity index (χ0v) is 20.5. The lowest BCUT2D eigenvalue weighted by atomic mass is 9.43. The monoisotopic (exact) mass is 414 g/mol. The third kappa shape index (κ3) is 3.18. The van der Waals surface area contributed by atoms with Gasteiger partial charge >= 0.3 is 0 Å². The second-order valence-corrected chi connectivity index (χ2v) is 12.7. The van der Waals surface area contributed by atoms with Crippen LogP contribution in [0.4, 0.5) is 0 Å². The van der Waals surface area contributed by atoms with Crippen molar-refractivity contribution in [2.24, 2.45) is 45.8 Å². The fourth-order valence-electron chi connectivity index (χ4n) is 8.59. The number of hydrogen-bond donors (Lipinski definition) is 1. The highest BCUT2D eigenvalue weighted by Crippen LogP contribution is 2.71. The van der Waals surface area contributed by atoms with Crippen LogP contribution in [-0.4, -0.2) is 17.0 Å². The first-order valence-corrected chi connectivity index (χ1v) is 13.0. The van der Waals surface area contributed by atoms with E-state index >= 15 is 0 Å². The zero-order valence-electron chi connectivity index (χ0n) is 20.5. The van der Waals surface area contributed by atoms with E-state index in [2.05, 4.69) is 47.6 Å². The molecule has 2 heteroatoms. The van der Waals surface area contributed by atoms with E-state index in [4.69, 9.17) is 0 Å². The lowest BCUT2D eigenvalue weighted by Crippen LogP contribution is -2.55. The normalized spacial score (nSPS) is 46.8. The van der Waals surface area contributed by atoms with Crippen LogP contribution in [0.3, 0.4) is 0 Å². The van der Waals surface area contributed by atoms with Crippen LogP contribution < -0.4 is 0 Å². The maximum atomic E-state index is 13.7. The van der Waals surface area contributed by atoms with E-state index in [-0.39, 0.29) is 22.3 Å². The fraction of sp³-hybridized carbons (Fsp3) is 0.893. The summed E-state index contributed by atoms with van der Waals surface area (Å²) in [5, 5.41) is 10.3. The molecule has 3 saturated carbocycles. The lowest BCUT2D eigenvalue weighted by molar-refractivity contribution is -0.130. The fourth-order valence-corrected chi connectivity index (χ4v) is 8.59. The Kier molecular flexibility index (Phi) is 5.83. The maximum Gasteiger partial charge on any atom is 0.143 e. The number of carbonyl (C=O) groups excluding carboxylic acids is 1. The Balaban J connectivity index is 1.62. The molecule has 2 nitrogen and oxygen atoms in total. The Bertz CT molecular complexity index is 707. The number of ketones is 1. The summed E-state index contributed by atoms with van der Waals surface area (Å²) < 4.78 is 0. The van der Waals surface area contributed by atoms with Crippen molar-refractivity contribution in [3.05, 3.63) is 11.6 Å². The third-order valence-electron chi connectivity index (χ3n) is 10.9. The summed E-state index contributed by atoms with van der Waals surface area (Å²) in [6.07, 6.45) is 13.5. The summed E-state index contributed by atoms with van der Waals surface area (Å²) in [6.45, 7) is 14.3. The molecule has 0 aromatic rings. The molecule has 8 atom stereocenters. The Morgan fingerprint density at radius 3 is 2.53 bits per heavy atom. The Morgan fingerprint density at radius 2 is 1.83 bits per heavy atom. The van der Waals surface area contributed by atoms with E-state index in [0.29, 0.717) is 29.5 Å². The lowest BCUT2D eigenvalue weighted by Gasteiger charge is -2.60. The molecule has 1 N–H and O–H groups in total. The standard InChI is InChI=1S/C28H46O2/c1-18(2)8-7-9-19(3)24-17-25(30)28(6)23-11-10-20-16-21(29)12-14-26(20,4)22(23)13-15-27(24,28)5/h11,18-22,24,29H,7-10,12-17H2,1-6H3. The minimum atomic E-state index is -0.267. The predicted octanol–water partition coefficient (Wildman–Crippen LogP) is 6.96. The van der Waals surface area contributed by atoms with Crippen LogP contribution in [0.25, 0.3) is 0 Å². The van der Waals surface area contributed by atoms with Crippen molar-refractivity contribution >= 4 is 5.78 Å². The van der Waals surface area contributed by atoms with Crippen molar-refractivity contribution in [1.29, 1.82) is 0 Å². The van der Waals surface area contributed by atoms with Gasteiger partial charge in [0, 0.05) is 6.42 Å². The molecule has 0 aliphatic heterocycles. The van der Waals surface area contributed by atoms with Crippen molar-refractivity contribution in [2.75, 3.05) is 0 Å². The van der Waals surface area contributed by atoms with E-state index in [9.17, 15) is 9.90 Å². The average Bonchev–Trinajstić information content (AvgIpc) is 2.89. The van der Waals surface area contributed by atoms with Crippen LogP contribution >= 0.6 is 0 Å². The van der Waals surface area contributed by atoms with Gasteiger partial charge in [0.15, 0.2) is 0 Å². The van der Waals surface area contributed by atoms with Gasteiger partial charge in [0.2, 0.25) is 0 Å². The van der Waals surface area contributed by atoms with Gasteiger partial charge in [-0.25, -0.2) is 0 Å². The largest absolute Gasteiger partial charge is 0.393 e. The first-order chi connectivity index (χ1) is 14.0. The summed E-state index contributed by atoms with van der Waals surface area (Å²) in [6, 6.07) is 0. The molecule has 0 aromatic heterocycles. The molecule has 0 heterocycles. The molecule has 4 aliphatic rings. The summed E-state index contributed by atoms with van der Waals surface area (Å²) in [5.74, 6) is 3.59. The van der Waals surface area contributed by atoms with Gasteiger partial charge in [-0.2, -0.15) is 0 Å². The van der Waals surface area contributed by atoms with Crippen molar-refractivity contribution in [1.82, 2.24) is 0 Å². The molecular weight excluding hydrogens is 368 g/mol. The molecule has 170 valence electrons. The van der Waals surface area contributed by atoms with E-state index in [1.165, 1.54) is 37.7 Å². The highest BCUT2D eigenvalue weighted by molar-refractivity contribution is 5.92. The maximum absolute atomic E-state index is 13.7. The van der Waals surface area contributed by atoms with Crippen LogP contribution in [0.1, 0.15) is 106 Å². The second-order valence-electron chi connectivity index (χ2n) is 12.7. The minimum Gasteiger partial charge on any atom is -0.393 e. The van der Waals surface area contributed by atoms with Crippen LogP contribution in [0.2, 0.25) is 0 Å². The molecule has 3 fully saturated rings. The van der Waals surface area contributed by atoms with E-state index in [1.54, 1.807) is 0 Å². The average molecular weight is 415 g/mol. The number of aliphatic hydroxyl groups is 1.